The van der Waals surface area contributed by atoms with Gasteiger partial charge in [0, 0.05) is 19.5 Å². The van der Waals surface area contributed by atoms with E-state index in [0.29, 0.717) is 18.2 Å². The van der Waals surface area contributed by atoms with Gasteiger partial charge in [-0.3, -0.25) is 9.69 Å². The van der Waals surface area contributed by atoms with Crippen LogP contribution in [0.1, 0.15) is 25.3 Å². The quantitative estimate of drug-likeness (QED) is 0.411. The fourth-order valence-corrected chi connectivity index (χ4v) is 5.70. The second kappa shape index (κ2) is 10.5. The number of halogens is 1. The molecule has 9 heteroatoms. The van der Waals surface area contributed by atoms with Crippen LogP contribution in [0.5, 0.6) is 0 Å². The van der Waals surface area contributed by atoms with E-state index in [1.54, 1.807) is 4.90 Å². The number of aromatic nitrogens is 1. The fourth-order valence-electron chi connectivity index (χ4n) is 3.33. The van der Waals surface area contributed by atoms with Crippen molar-refractivity contribution in [3.05, 3.63) is 53.8 Å². The molecule has 0 spiro atoms. The molecule has 6 nitrogen and oxygen atoms in total. The Labute approximate surface area is 192 Å². The number of amides is 1. The molecule has 1 heterocycles. The number of hydrogen-bond donors (Lipinski definition) is 0. The molecule has 0 saturated carbocycles. The molecular weight excluding hydrogens is 449 g/mol. The summed E-state index contributed by atoms with van der Waals surface area (Å²) < 4.78 is 39.1. The molecule has 1 amide bonds. The van der Waals surface area contributed by atoms with Gasteiger partial charge in [-0.25, -0.2) is 17.8 Å². The van der Waals surface area contributed by atoms with Crippen molar-refractivity contribution >= 4 is 42.4 Å². The topological polar surface area (TPSA) is 70.6 Å². The summed E-state index contributed by atoms with van der Waals surface area (Å²) in [6.07, 6.45) is 1.12. The van der Waals surface area contributed by atoms with Crippen LogP contribution in [-0.2, 0) is 21.1 Å². The smallest absolute Gasteiger partial charge is 0.228 e. The molecule has 0 atom stereocenters. The molecule has 0 fully saturated rings. The van der Waals surface area contributed by atoms with Gasteiger partial charge in [0.15, 0.2) is 15.0 Å². The van der Waals surface area contributed by atoms with Crippen LogP contribution in [-0.4, -0.2) is 57.1 Å². The van der Waals surface area contributed by atoms with E-state index < -0.39 is 15.7 Å². The number of carbonyl (C=O) groups is 1. The molecule has 3 rings (SSSR count). The van der Waals surface area contributed by atoms with Crippen molar-refractivity contribution in [2.45, 2.75) is 31.1 Å². The van der Waals surface area contributed by atoms with Gasteiger partial charge < -0.3 is 4.90 Å². The third kappa shape index (κ3) is 5.90. The van der Waals surface area contributed by atoms with Gasteiger partial charge in [0.05, 0.1) is 20.9 Å². The van der Waals surface area contributed by atoms with Crippen molar-refractivity contribution in [1.29, 1.82) is 0 Å². The van der Waals surface area contributed by atoms with Crippen molar-refractivity contribution in [2.75, 3.05) is 37.8 Å². The van der Waals surface area contributed by atoms with Crippen LogP contribution in [0, 0.1) is 5.82 Å². The van der Waals surface area contributed by atoms with E-state index in [1.165, 1.54) is 23.5 Å². The van der Waals surface area contributed by atoms with E-state index in [9.17, 15) is 17.6 Å². The van der Waals surface area contributed by atoms with Gasteiger partial charge in [0.25, 0.3) is 0 Å². The van der Waals surface area contributed by atoms with Crippen molar-refractivity contribution in [3.8, 4) is 0 Å². The lowest BCUT2D eigenvalue weighted by Gasteiger charge is -2.22. The van der Waals surface area contributed by atoms with E-state index in [1.807, 2.05) is 37.2 Å². The Balaban J connectivity index is 1.74. The summed E-state index contributed by atoms with van der Waals surface area (Å²) in [5, 5.41) is 0.633. The van der Waals surface area contributed by atoms with Crippen LogP contribution < -0.4 is 4.90 Å². The van der Waals surface area contributed by atoms with Gasteiger partial charge in [0.2, 0.25) is 5.91 Å². The third-order valence-corrected chi connectivity index (χ3v) is 8.01. The second-order valence-corrected chi connectivity index (χ2v) is 11.0. The number of rotatable bonds is 10. The zero-order chi connectivity index (χ0) is 23.3. The Morgan fingerprint density at radius 2 is 1.81 bits per heavy atom. The normalized spacial score (nSPS) is 11.9. The largest absolute Gasteiger partial charge is 0.308 e. The Morgan fingerprint density at radius 3 is 2.47 bits per heavy atom. The van der Waals surface area contributed by atoms with Crippen LogP contribution in [0.25, 0.3) is 10.2 Å². The number of thiazole rings is 1. The van der Waals surface area contributed by atoms with Crippen molar-refractivity contribution in [3.63, 3.8) is 0 Å². The Kier molecular flexibility index (Phi) is 7.97. The SMILES string of the molecule is CCc1cccc2sc(N(CCN(C)C)C(=O)CCCS(=O)(=O)c3ccc(F)cc3)nc12. The first-order valence-electron chi connectivity index (χ1n) is 10.5. The molecule has 0 saturated heterocycles. The molecule has 3 aromatic rings. The number of carbonyl (C=O) groups excluding carboxylic acids is 1. The lowest BCUT2D eigenvalue weighted by atomic mass is 10.1. The minimum atomic E-state index is -3.58. The first kappa shape index (κ1) is 24.3. The first-order chi connectivity index (χ1) is 15.2. The zero-order valence-electron chi connectivity index (χ0n) is 18.5. The van der Waals surface area contributed by atoms with Gasteiger partial charge in [-0.2, -0.15) is 0 Å². The molecule has 0 bridgehead atoms. The van der Waals surface area contributed by atoms with E-state index >= 15 is 0 Å². The average Bonchev–Trinajstić information content (AvgIpc) is 3.17. The highest BCUT2D eigenvalue weighted by molar-refractivity contribution is 7.91. The number of benzene rings is 2. The van der Waals surface area contributed by atoms with Crippen LogP contribution in [0.3, 0.4) is 0 Å². The summed E-state index contributed by atoms with van der Waals surface area (Å²) in [5.41, 5.74) is 2.05. The predicted octanol–water partition coefficient (Wildman–Crippen LogP) is 4.15. The summed E-state index contributed by atoms with van der Waals surface area (Å²) in [6, 6.07) is 10.8. The third-order valence-electron chi connectivity index (χ3n) is 5.15. The summed E-state index contributed by atoms with van der Waals surface area (Å²) in [7, 11) is 0.295. The predicted molar refractivity (Wildman–Crippen MR) is 128 cm³/mol. The molecule has 172 valence electrons. The Hall–Kier alpha value is -2.36. The van der Waals surface area contributed by atoms with Crippen LogP contribution in [0.4, 0.5) is 9.52 Å². The second-order valence-electron chi connectivity index (χ2n) is 7.84. The summed E-state index contributed by atoms with van der Waals surface area (Å²) in [6.45, 7) is 3.21. The average molecular weight is 478 g/mol. The Bertz CT molecular complexity index is 1170. The maximum Gasteiger partial charge on any atom is 0.228 e. The van der Waals surface area contributed by atoms with Crippen molar-refractivity contribution in [1.82, 2.24) is 9.88 Å². The molecule has 2 aromatic carbocycles. The number of aryl methyl sites for hydroxylation is 1. The maximum absolute atomic E-state index is 13.1. The Morgan fingerprint density at radius 1 is 1.09 bits per heavy atom. The van der Waals surface area contributed by atoms with Crippen molar-refractivity contribution in [2.24, 2.45) is 0 Å². The van der Waals surface area contributed by atoms with Gasteiger partial charge in [-0.1, -0.05) is 30.4 Å². The highest BCUT2D eigenvalue weighted by atomic mass is 32.2. The fraction of sp³-hybridized carbons (Fsp3) is 0.391. The zero-order valence-corrected chi connectivity index (χ0v) is 20.2. The van der Waals surface area contributed by atoms with E-state index in [0.717, 1.165) is 34.3 Å². The van der Waals surface area contributed by atoms with Gasteiger partial charge in [0.1, 0.15) is 5.82 Å². The number of likely N-dealkylation sites (N-methyl/N-ethyl adjacent to an activating group) is 1. The summed E-state index contributed by atoms with van der Waals surface area (Å²) >= 11 is 1.47. The number of fused-ring (bicyclic) bond motifs is 1. The summed E-state index contributed by atoms with van der Waals surface area (Å²) in [4.78, 5) is 21.5. The van der Waals surface area contributed by atoms with Gasteiger partial charge in [-0.15, -0.1) is 0 Å². The lowest BCUT2D eigenvalue weighted by molar-refractivity contribution is -0.118. The first-order valence-corrected chi connectivity index (χ1v) is 13.0. The van der Waals surface area contributed by atoms with Crippen LogP contribution in [0.2, 0.25) is 0 Å². The number of hydrogen-bond acceptors (Lipinski definition) is 6. The number of anilines is 1. The molecule has 0 unspecified atom stereocenters. The molecule has 0 aliphatic carbocycles. The number of nitrogens with zero attached hydrogens (tertiary/aromatic N) is 3. The van der Waals surface area contributed by atoms with E-state index in [2.05, 4.69) is 6.92 Å². The van der Waals surface area contributed by atoms with E-state index in [-0.39, 0.29) is 29.4 Å². The van der Waals surface area contributed by atoms with Crippen molar-refractivity contribution < 1.29 is 17.6 Å². The highest BCUT2D eigenvalue weighted by Gasteiger charge is 2.22. The van der Waals surface area contributed by atoms with Gasteiger partial charge in [-0.05, 0) is 62.8 Å². The summed E-state index contributed by atoms with van der Waals surface area (Å²) in [5.74, 6) is -0.817. The molecular formula is C23H28FN3O3S2. The van der Waals surface area contributed by atoms with Crippen LogP contribution in [0.15, 0.2) is 47.4 Å². The molecule has 1 aromatic heterocycles. The minimum absolute atomic E-state index is 0.0640. The maximum atomic E-state index is 13.1. The number of sulfone groups is 1. The molecule has 32 heavy (non-hydrogen) atoms. The highest BCUT2D eigenvalue weighted by Crippen LogP contribution is 2.31. The van der Waals surface area contributed by atoms with Crippen LogP contribution >= 0.6 is 11.3 Å². The minimum Gasteiger partial charge on any atom is -0.308 e. The van der Waals surface area contributed by atoms with E-state index in [4.69, 9.17) is 4.98 Å². The monoisotopic (exact) mass is 477 g/mol. The molecule has 0 aliphatic heterocycles. The number of para-hydroxylation sites is 1. The molecule has 0 aliphatic rings. The molecule has 0 N–H and O–H groups in total. The van der Waals surface area contributed by atoms with Gasteiger partial charge >= 0.3 is 0 Å². The molecule has 0 radical (unpaired) electrons. The lowest BCUT2D eigenvalue weighted by Crippen LogP contribution is -2.36. The standard InChI is InChI=1S/C23H28FN3O3S2/c1-4-17-7-5-8-20-22(17)25-23(31-20)27(15-14-26(2)3)21(28)9-6-16-32(29,30)19-12-10-18(24)11-13-19/h5,7-8,10-13H,4,6,9,14-16H2,1-3H3.